The van der Waals surface area contributed by atoms with Crippen molar-refractivity contribution in [2.45, 2.75) is 25.4 Å². The molecule has 3 heterocycles. The molecule has 1 fully saturated rings. The van der Waals surface area contributed by atoms with E-state index < -0.39 is 6.23 Å². The number of nitrogens with zero attached hydrogens (tertiary/aromatic N) is 6. The summed E-state index contributed by atoms with van der Waals surface area (Å²) in [7, 11) is 4.44. The minimum Gasteiger partial charge on any atom is -0.369 e. The van der Waals surface area contributed by atoms with Crippen LogP contribution in [0.15, 0.2) is 59.3 Å². The Kier molecular flexibility index (Phi) is 8.54. The van der Waals surface area contributed by atoms with Crippen molar-refractivity contribution in [1.82, 2.24) is 29.8 Å². The number of allylic oxidation sites excluding steroid dienone is 4. The molecule has 36 heavy (non-hydrogen) atoms. The molecule has 2 aromatic rings. The van der Waals surface area contributed by atoms with Crippen molar-refractivity contribution in [3.63, 3.8) is 0 Å². The van der Waals surface area contributed by atoms with Crippen LogP contribution in [0.4, 0.5) is 0 Å². The van der Waals surface area contributed by atoms with Crippen LogP contribution in [0.1, 0.15) is 42.2 Å². The highest BCUT2D eigenvalue weighted by molar-refractivity contribution is 6.14. The average Bonchev–Trinajstić information content (AvgIpc) is 3.27. The lowest BCUT2D eigenvalue weighted by molar-refractivity contribution is 0.149. The molecular formula is C27H34BN7O. The van der Waals surface area contributed by atoms with Gasteiger partial charge in [-0.15, -0.1) is 0 Å². The van der Waals surface area contributed by atoms with Crippen molar-refractivity contribution >= 4 is 20.6 Å². The topological polar surface area (TPSA) is 81.8 Å². The lowest BCUT2D eigenvalue weighted by Crippen LogP contribution is -2.45. The van der Waals surface area contributed by atoms with Gasteiger partial charge >= 0.3 is 0 Å². The molecule has 0 aromatic carbocycles. The van der Waals surface area contributed by atoms with Crippen molar-refractivity contribution in [2.75, 3.05) is 39.8 Å². The number of likely N-dealkylation sites (N-methyl/N-ethyl adjacent to an activating group) is 1. The molecule has 1 saturated heterocycles. The second-order valence-corrected chi connectivity index (χ2v) is 9.38. The molecule has 186 valence electrons. The normalized spacial score (nSPS) is 19.8. The van der Waals surface area contributed by atoms with Crippen LogP contribution in [0.3, 0.4) is 0 Å². The van der Waals surface area contributed by atoms with E-state index in [2.05, 4.69) is 75.8 Å². The maximum absolute atomic E-state index is 10.8. The van der Waals surface area contributed by atoms with Crippen LogP contribution in [0.2, 0.25) is 5.82 Å². The van der Waals surface area contributed by atoms with Gasteiger partial charge in [0.25, 0.3) is 0 Å². The van der Waals surface area contributed by atoms with Gasteiger partial charge in [0.15, 0.2) is 12.1 Å². The molecule has 4 rings (SSSR count). The largest absolute Gasteiger partial charge is 0.369 e. The summed E-state index contributed by atoms with van der Waals surface area (Å²) in [5.41, 5.74) is 4.45. The van der Waals surface area contributed by atoms with E-state index in [0.29, 0.717) is 28.5 Å². The quantitative estimate of drug-likeness (QED) is 0.270. The Labute approximate surface area is 214 Å². The number of rotatable bonds is 7. The molecule has 8 nitrogen and oxygen atoms in total. The first kappa shape index (κ1) is 25.6. The third-order valence-corrected chi connectivity index (χ3v) is 6.61. The predicted octanol–water partition coefficient (Wildman–Crippen LogP) is 1.64. The molecule has 1 aliphatic heterocycles. The highest BCUT2D eigenvalue weighted by atomic mass is 16.3. The van der Waals surface area contributed by atoms with E-state index in [1.165, 1.54) is 5.57 Å². The smallest absolute Gasteiger partial charge is 0.154 e. The summed E-state index contributed by atoms with van der Waals surface area (Å²) in [4.78, 5) is 13.5. The zero-order valence-electron chi connectivity index (χ0n) is 21.4. The van der Waals surface area contributed by atoms with Crippen LogP contribution in [0.5, 0.6) is 0 Å². The minimum atomic E-state index is -0.869. The summed E-state index contributed by atoms with van der Waals surface area (Å²) in [6.45, 7) is 11.0. The second-order valence-electron chi connectivity index (χ2n) is 9.38. The number of aliphatic hydroxyl groups excluding tert-OH is 1. The molecule has 9 heteroatoms. The fraction of sp³-hybridized carbons (Fsp3) is 0.370. The Morgan fingerprint density at radius 2 is 2.06 bits per heavy atom. The summed E-state index contributed by atoms with van der Waals surface area (Å²) in [6, 6.07) is 1.84. The molecule has 1 aliphatic carbocycles. The number of hydrogen-bond acceptors (Lipinski definition) is 7. The fourth-order valence-corrected chi connectivity index (χ4v) is 4.41. The molecule has 0 saturated carbocycles. The van der Waals surface area contributed by atoms with Gasteiger partial charge in [-0.1, -0.05) is 23.6 Å². The van der Waals surface area contributed by atoms with Crippen LogP contribution in [-0.2, 0) is 0 Å². The van der Waals surface area contributed by atoms with E-state index in [9.17, 15) is 5.11 Å². The zero-order chi connectivity index (χ0) is 25.5. The van der Waals surface area contributed by atoms with E-state index in [1.54, 1.807) is 23.3 Å². The zero-order valence-corrected chi connectivity index (χ0v) is 21.4. The Hall–Kier alpha value is -3.45. The number of aromatic nitrogens is 3. The van der Waals surface area contributed by atoms with Crippen molar-refractivity contribution in [1.29, 1.82) is 0 Å². The van der Waals surface area contributed by atoms with Crippen LogP contribution >= 0.6 is 0 Å². The van der Waals surface area contributed by atoms with Crippen molar-refractivity contribution in [3.05, 3.63) is 76.8 Å². The molecule has 2 aromatic heterocycles. The molecular weight excluding hydrogens is 449 g/mol. The number of hydrogen-bond donors (Lipinski definition) is 2. The van der Waals surface area contributed by atoms with E-state index in [0.717, 1.165) is 44.8 Å². The average molecular weight is 483 g/mol. The van der Waals surface area contributed by atoms with Crippen LogP contribution < -0.4 is 5.32 Å². The number of nitrogens with one attached hydrogen (secondary N) is 1. The molecule has 0 amide bonds. The van der Waals surface area contributed by atoms with Crippen LogP contribution in [0.25, 0.3) is 6.08 Å². The van der Waals surface area contributed by atoms with Gasteiger partial charge in [-0.05, 0) is 50.3 Å². The van der Waals surface area contributed by atoms with Gasteiger partial charge in [0.05, 0.1) is 6.20 Å². The Morgan fingerprint density at radius 3 is 2.78 bits per heavy atom. The highest BCUT2D eigenvalue weighted by Gasteiger charge is 2.21. The Morgan fingerprint density at radius 1 is 1.25 bits per heavy atom. The van der Waals surface area contributed by atoms with Gasteiger partial charge in [-0.25, -0.2) is 9.66 Å². The third-order valence-electron chi connectivity index (χ3n) is 6.61. The molecule has 0 bridgehead atoms. The summed E-state index contributed by atoms with van der Waals surface area (Å²) in [6.07, 6.45) is 13.0. The van der Waals surface area contributed by atoms with Gasteiger partial charge in [-0.3, -0.25) is 9.88 Å². The van der Waals surface area contributed by atoms with E-state index >= 15 is 0 Å². The second kappa shape index (κ2) is 12.0. The standard InChI is InChI=1S/C27H34BN7O/c1-4-5-26-31-18-24(35(26)29-2)9-6-20-14-22(17-30-16-20)27(36)32-23-8-7-21(25(28)15-23)19-34-12-10-33(3)11-13-34/h4-5,7-8,14,16-18,25,27,32,36H,2,10-13,15,19,28H2,1,3H3/b5-4-/t25-,27?/m1/s1. The Balaban J connectivity index is 1.41. The molecule has 2 aliphatic rings. The van der Waals surface area contributed by atoms with Crippen molar-refractivity contribution in [2.24, 2.45) is 5.10 Å². The van der Waals surface area contributed by atoms with Gasteiger partial charge < -0.3 is 15.3 Å². The minimum absolute atomic E-state index is 0.426. The van der Waals surface area contributed by atoms with Crippen molar-refractivity contribution < 1.29 is 5.11 Å². The van der Waals surface area contributed by atoms with Crippen molar-refractivity contribution in [3.8, 4) is 11.8 Å². The first-order valence-electron chi connectivity index (χ1n) is 12.4. The molecule has 1 unspecified atom stereocenters. The Bertz CT molecular complexity index is 1230. The number of imidazole rings is 1. The van der Waals surface area contributed by atoms with Gasteiger partial charge in [0.1, 0.15) is 13.5 Å². The van der Waals surface area contributed by atoms with Gasteiger partial charge in [-0.2, -0.15) is 5.10 Å². The maximum Gasteiger partial charge on any atom is 0.154 e. The monoisotopic (exact) mass is 483 g/mol. The molecule has 0 radical (unpaired) electrons. The van der Waals surface area contributed by atoms with E-state index in [4.69, 9.17) is 0 Å². The summed E-state index contributed by atoms with van der Waals surface area (Å²) in [5.74, 6) is 7.25. The highest BCUT2D eigenvalue weighted by Crippen LogP contribution is 2.28. The van der Waals surface area contributed by atoms with Gasteiger partial charge in [0.2, 0.25) is 0 Å². The van der Waals surface area contributed by atoms with Crippen LogP contribution in [0, 0.1) is 11.8 Å². The van der Waals surface area contributed by atoms with E-state index in [-0.39, 0.29) is 0 Å². The maximum atomic E-state index is 10.8. The molecule has 0 spiro atoms. The SMILES string of the molecule is B[C@@H]1CC(NC(O)c2cncc(C#Cc3cnc(/C=C\C)n3N=C)c2)=CC=C1CN1CCN(C)CC1. The first-order chi connectivity index (χ1) is 17.5. The molecule has 2 N–H and O–H groups in total. The fourth-order valence-electron chi connectivity index (χ4n) is 4.41. The number of aliphatic hydroxyl groups is 1. The summed E-state index contributed by atoms with van der Waals surface area (Å²) < 4.78 is 1.59. The van der Waals surface area contributed by atoms with E-state index in [1.807, 2.05) is 25.1 Å². The lowest BCUT2D eigenvalue weighted by atomic mass is 9.74. The lowest BCUT2D eigenvalue weighted by Gasteiger charge is -2.35. The molecule has 2 atom stereocenters. The summed E-state index contributed by atoms with van der Waals surface area (Å²) in [5, 5.41) is 18.1. The third kappa shape index (κ3) is 6.40. The van der Waals surface area contributed by atoms with Gasteiger partial charge in [0, 0.05) is 68.7 Å². The first-order valence-corrected chi connectivity index (χ1v) is 12.4. The predicted molar refractivity (Wildman–Crippen MR) is 147 cm³/mol. The summed E-state index contributed by atoms with van der Waals surface area (Å²) >= 11 is 0. The van der Waals surface area contributed by atoms with Crippen LogP contribution in [-0.4, -0.2) is 83.9 Å². The number of pyridine rings is 1. The number of piperazine rings is 1.